The molecule has 0 bridgehead atoms. The van der Waals surface area contributed by atoms with Crippen LogP contribution in [-0.4, -0.2) is 14.7 Å². The van der Waals surface area contributed by atoms with Crippen molar-refractivity contribution in [2.24, 2.45) is 7.05 Å². The molecule has 0 amide bonds. The molecule has 8 heteroatoms. The predicted molar refractivity (Wildman–Crippen MR) is 69.2 cm³/mol. The Kier molecular flexibility index (Phi) is 3.43. The van der Waals surface area contributed by atoms with Crippen molar-refractivity contribution in [2.75, 3.05) is 5.32 Å². The van der Waals surface area contributed by atoms with E-state index in [0.717, 1.165) is 8.66 Å². The van der Waals surface area contributed by atoms with Crippen LogP contribution in [0.2, 0.25) is 0 Å². The van der Waals surface area contributed by atoms with Crippen LogP contribution in [-0.2, 0) is 13.6 Å². The van der Waals surface area contributed by atoms with Crippen molar-refractivity contribution in [1.82, 2.24) is 9.78 Å². The molecule has 1 N–H and O–H groups in total. The number of nitrogens with one attached hydrogen (secondary N) is 1. The molecule has 0 radical (unpaired) electrons. The minimum absolute atomic E-state index is 0.0110. The normalized spacial score (nSPS) is 10.5. The summed E-state index contributed by atoms with van der Waals surface area (Å²) < 4.78 is 2.45. The summed E-state index contributed by atoms with van der Waals surface area (Å²) in [5.41, 5.74) is -0.0110. The number of aryl methyl sites for hydroxylation is 1. The molecule has 0 aliphatic carbocycles. The first-order chi connectivity index (χ1) is 8.06. The van der Waals surface area contributed by atoms with E-state index in [2.05, 4.69) is 26.3 Å². The minimum atomic E-state index is -0.445. The first-order valence-electron chi connectivity index (χ1n) is 4.72. The van der Waals surface area contributed by atoms with E-state index in [9.17, 15) is 10.1 Å². The Labute approximate surface area is 110 Å². The Balaban J connectivity index is 2.11. The molecule has 0 aliphatic rings. The number of hydrogen-bond acceptors (Lipinski definition) is 5. The van der Waals surface area contributed by atoms with Gasteiger partial charge in [-0.25, -0.2) is 0 Å². The van der Waals surface area contributed by atoms with E-state index in [0.29, 0.717) is 12.4 Å². The molecule has 2 aromatic rings. The van der Waals surface area contributed by atoms with Crippen molar-refractivity contribution in [1.29, 1.82) is 0 Å². The van der Waals surface area contributed by atoms with E-state index >= 15 is 0 Å². The zero-order valence-corrected chi connectivity index (χ0v) is 11.3. The molecule has 0 saturated carbocycles. The Hall–Kier alpha value is -1.41. The number of nitrogens with zero attached hydrogens (tertiary/aromatic N) is 3. The van der Waals surface area contributed by atoms with Gasteiger partial charge in [0.2, 0.25) is 5.82 Å². The molecule has 2 rings (SSSR count). The number of thiophene rings is 1. The molecule has 6 nitrogen and oxygen atoms in total. The van der Waals surface area contributed by atoms with Crippen molar-refractivity contribution in [3.63, 3.8) is 0 Å². The molecule has 0 fully saturated rings. The monoisotopic (exact) mass is 316 g/mol. The maximum absolute atomic E-state index is 10.8. The number of hydrogen-bond donors (Lipinski definition) is 1. The van der Waals surface area contributed by atoms with E-state index in [1.54, 1.807) is 18.4 Å². The van der Waals surface area contributed by atoms with Gasteiger partial charge in [0.05, 0.1) is 15.3 Å². The van der Waals surface area contributed by atoms with Crippen LogP contribution in [0, 0.1) is 10.1 Å². The van der Waals surface area contributed by atoms with Gasteiger partial charge < -0.3 is 5.32 Å². The maximum Gasteiger partial charge on any atom is 0.330 e. The summed E-state index contributed by atoms with van der Waals surface area (Å²) in [6.07, 6.45) is 1.38. The first kappa shape index (κ1) is 12.1. The lowest BCUT2D eigenvalue weighted by molar-refractivity contribution is -0.384. The first-order valence-corrected chi connectivity index (χ1v) is 6.33. The summed E-state index contributed by atoms with van der Waals surface area (Å²) in [6.45, 7) is 0.522. The lowest BCUT2D eigenvalue weighted by Gasteiger charge is -1.99. The molecule has 0 aromatic carbocycles. The van der Waals surface area contributed by atoms with Gasteiger partial charge in [-0.15, -0.1) is 16.4 Å². The summed E-state index contributed by atoms with van der Waals surface area (Å²) in [4.78, 5) is 11.4. The van der Waals surface area contributed by atoms with E-state index in [1.807, 2.05) is 12.1 Å². The Bertz CT molecular complexity index is 551. The van der Waals surface area contributed by atoms with Crippen LogP contribution in [0.15, 0.2) is 22.1 Å². The van der Waals surface area contributed by atoms with E-state index in [4.69, 9.17) is 0 Å². The fraction of sp³-hybridized carbons (Fsp3) is 0.222. The van der Waals surface area contributed by atoms with Gasteiger partial charge in [0.1, 0.15) is 6.20 Å². The number of anilines is 1. The molecule has 2 heterocycles. The molecule has 17 heavy (non-hydrogen) atoms. The third kappa shape index (κ3) is 2.83. The second-order valence-electron chi connectivity index (χ2n) is 3.35. The molecular formula is C9H9BrN4O2S. The zero-order chi connectivity index (χ0) is 12.4. The van der Waals surface area contributed by atoms with Crippen LogP contribution in [0.1, 0.15) is 4.88 Å². The second kappa shape index (κ2) is 4.84. The summed E-state index contributed by atoms with van der Waals surface area (Å²) in [7, 11) is 1.65. The summed E-state index contributed by atoms with van der Waals surface area (Å²) in [5.74, 6) is 0.294. The molecule has 2 aromatic heterocycles. The fourth-order valence-electron chi connectivity index (χ4n) is 1.35. The highest BCUT2D eigenvalue weighted by atomic mass is 79.9. The van der Waals surface area contributed by atoms with Crippen molar-refractivity contribution < 1.29 is 4.92 Å². The van der Waals surface area contributed by atoms with Gasteiger partial charge in [-0.3, -0.25) is 14.8 Å². The largest absolute Gasteiger partial charge is 0.358 e. The maximum atomic E-state index is 10.8. The molecule has 0 saturated heterocycles. The van der Waals surface area contributed by atoms with Crippen LogP contribution in [0.3, 0.4) is 0 Å². The SMILES string of the molecule is Cn1cc([N+](=O)[O-])c(NCc2ccc(Br)s2)n1. The number of halogens is 1. The summed E-state index contributed by atoms with van der Waals surface area (Å²) >= 11 is 4.94. The standard InChI is InChI=1S/C9H9BrN4O2S/c1-13-5-7(14(15)16)9(12-13)11-4-6-2-3-8(10)17-6/h2-3,5H,4H2,1H3,(H,11,12). The van der Waals surface area contributed by atoms with E-state index < -0.39 is 4.92 Å². The molecule has 0 aliphatic heterocycles. The minimum Gasteiger partial charge on any atom is -0.358 e. The fourth-order valence-corrected chi connectivity index (χ4v) is 2.78. The molecule has 0 atom stereocenters. The van der Waals surface area contributed by atoms with E-state index in [-0.39, 0.29) is 5.69 Å². The van der Waals surface area contributed by atoms with Crippen LogP contribution < -0.4 is 5.32 Å². The Morgan fingerprint density at radius 1 is 1.65 bits per heavy atom. The number of nitro groups is 1. The third-order valence-corrected chi connectivity index (χ3v) is 3.69. The highest BCUT2D eigenvalue weighted by Crippen LogP contribution is 2.25. The van der Waals surface area contributed by atoms with Gasteiger partial charge >= 0.3 is 5.69 Å². The average molecular weight is 317 g/mol. The van der Waals surface area contributed by atoms with E-state index in [1.165, 1.54) is 10.9 Å². The molecule has 0 unspecified atom stereocenters. The van der Waals surface area contributed by atoms with Gasteiger partial charge in [0.25, 0.3) is 0 Å². The average Bonchev–Trinajstić information content (AvgIpc) is 2.82. The van der Waals surface area contributed by atoms with Crippen molar-refractivity contribution in [3.8, 4) is 0 Å². The molecule has 0 spiro atoms. The summed E-state index contributed by atoms with van der Waals surface area (Å²) in [6, 6.07) is 3.89. The lowest BCUT2D eigenvalue weighted by atomic mass is 10.4. The van der Waals surface area contributed by atoms with Crippen molar-refractivity contribution in [3.05, 3.63) is 37.1 Å². The topological polar surface area (TPSA) is 73.0 Å². The van der Waals surface area contributed by atoms with Crippen LogP contribution in [0.5, 0.6) is 0 Å². The van der Waals surface area contributed by atoms with Crippen LogP contribution in [0.25, 0.3) is 0 Å². The van der Waals surface area contributed by atoms with Crippen LogP contribution in [0.4, 0.5) is 11.5 Å². The Morgan fingerprint density at radius 3 is 3.00 bits per heavy atom. The highest BCUT2D eigenvalue weighted by Gasteiger charge is 2.17. The predicted octanol–water partition coefficient (Wildman–Crippen LogP) is 2.76. The second-order valence-corrected chi connectivity index (χ2v) is 5.90. The third-order valence-electron chi connectivity index (χ3n) is 2.07. The van der Waals surface area contributed by atoms with Gasteiger partial charge in [0, 0.05) is 11.9 Å². The van der Waals surface area contributed by atoms with Gasteiger partial charge in [0.15, 0.2) is 0 Å². The van der Waals surface area contributed by atoms with Gasteiger partial charge in [-0.1, -0.05) is 0 Å². The quantitative estimate of drug-likeness (QED) is 0.695. The van der Waals surface area contributed by atoms with Gasteiger partial charge in [-0.2, -0.15) is 0 Å². The lowest BCUT2D eigenvalue weighted by Crippen LogP contribution is -2.01. The summed E-state index contributed by atoms with van der Waals surface area (Å²) in [5, 5.41) is 17.7. The van der Waals surface area contributed by atoms with Crippen molar-refractivity contribution >= 4 is 38.8 Å². The smallest absolute Gasteiger partial charge is 0.330 e. The zero-order valence-electron chi connectivity index (χ0n) is 8.88. The van der Waals surface area contributed by atoms with Crippen molar-refractivity contribution in [2.45, 2.75) is 6.54 Å². The Morgan fingerprint density at radius 2 is 2.41 bits per heavy atom. The van der Waals surface area contributed by atoms with Crippen LogP contribution >= 0.6 is 27.3 Å². The number of aromatic nitrogens is 2. The molecular weight excluding hydrogens is 308 g/mol. The highest BCUT2D eigenvalue weighted by molar-refractivity contribution is 9.11. The van der Waals surface area contributed by atoms with Gasteiger partial charge in [-0.05, 0) is 28.1 Å². The molecule has 90 valence electrons. The number of rotatable bonds is 4.